The van der Waals surface area contributed by atoms with Gasteiger partial charge in [0.25, 0.3) is 0 Å². The van der Waals surface area contributed by atoms with E-state index in [0.717, 1.165) is 55.8 Å². The fraction of sp³-hybridized carbons (Fsp3) is 0.500. The fourth-order valence-corrected chi connectivity index (χ4v) is 5.81. The monoisotopic (exact) mass is 443 g/mol. The van der Waals surface area contributed by atoms with Crippen LogP contribution in [0.3, 0.4) is 0 Å². The Hall–Kier alpha value is -2.09. The van der Waals surface area contributed by atoms with Crippen LogP contribution in [0.4, 0.5) is 11.4 Å². The van der Waals surface area contributed by atoms with E-state index in [4.69, 9.17) is 0 Å². The minimum absolute atomic E-state index is 0.526. The van der Waals surface area contributed by atoms with Crippen LogP contribution in [0.2, 0.25) is 0 Å². The SMILES string of the molecule is Cc1ccc(N2CCN(C[C@@H](O)c3ccc4c(c3)CCCN4S(C)(=O)=O)CC2)c(C)c1. The van der Waals surface area contributed by atoms with Gasteiger partial charge in [-0.3, -0.25) is 9.21 Å². The molecule has 0 spiro atoms. The Morgan fingerprint density at radius 3 is 2.35 bits per heavy atom. The van der Waals surface area contributed by atoms with E-state index in [1.807, 2.05) is 18.2 Å². The number of aliphatic hydroxyl groups is 1. The molecule has 0 radical (unpaired) electrons. The molecule has 2 aromatic rings. The van der Waals surface area contributed by atoms with E-state index in [2.05, 4.69) is 41.8 Å². The molecular weight excluding hydrogens is 410 g/mol. The summed E-state index contributed by atoms with van der Waals surface area (Å²) >= 11 is 0. The summed E-state index contributed by atoms with van der Waals surface area (Å²) in [5, 5.41) is 10.9. The Morgan fingerprint density at radius 2 is 1.68 bits per heavy atom. The van der Waals surface area contributed by atoms with Crippen LogP contribution >= 0.6 is 0 Å². The molecule has 2 aromatic carbocycles. The van der Waals surface area contributed by atoms with Crippen LogP contribution in [0.25, 0.3) is 0 Å². The van der Waals surface area contributed by atoms with E-state index in [0.29, 0.717) is 13.1 Å². The highest BCUT2D eigenvalue weighted by Gasteiger charge is 2.26. The summed E-state index contributed by atoms with van der Waals surface area (Å²) in [6, 6.07) is 12.3. The molecule has 1 atom stereocenters. The van der Waals surface area contributed by atoms with Gasteiger partial charge in [0, 0.05) is 45.0 Å². The molecule has 6 nitrogen and oxygen atoms in total. The predicted octanol–water partition coefficient (Wildman–Crippen LogP) is 2.87. The summed E-state index contributed by atoms with van der Waals surface area (Å²) in [6.45, 7) is 9.13. The lowest BCUT2D eigenvalue weighted by molar-refractivity contribution is 0.109. The van der Waals surface area contributed by atoms with Crippen LogP contribution in [0.5, 0.6) is 0 Å². The van der Waals surface area contributed by atoms with Crippen molar-refractivity contribution < 1.29 is 13.5 Å². The van der Waals surface area contributed by atoms with Crippen molar-refractivity contribution in [2.45, 2.75) is 32.8 Å². The van der Waals surface area contributed by atoms with E-state index in [1.165, 1.54) is 27.4 Å². The average molecular weight is 444 g/mol. The fourth-order valence-electron chi connectivity index (χ4n) is 4.82. The third kappa shape index (κ3) is 4.89. The maximum atomic E-state index is 12.1. The average Bonchev–Trinajstić information content (AvgIpc) is 2.73. The summed E-state index contributed by atoms with van der Waals surface area (Å²) in [5.74, 6) is 0. The van der Waals surface area contributed by atoms with Crippen LogP contribution in [0.1, 0.15) is 34.8 Å². The molecule has 1 saturated heterocycles. The first-order valence-electron chi connectivity index (χ1n) is 11.1. The van der Waals surface area contributed by atoms with E-state index in [9.17, 15) is 13.5 Å². The molecule has 0 saturated carbocycles. The molecule has 1 fully saturated rings. The highest BCUT2D eigenvalue weighted by molar-refractivity contribution is 7.92. The third-order valence-corrected chi connectivity index (χ3v) is 7.64. The second-order valence-electron chi connectivity index (χ2n) is 8.92. The van der Waals surface area contributed by atoms with Gasteiger partial charge in [-0.1, -0.05) is 29.8 Å². The van der Waals surface area contributed by atoms with Crippen LogP contribution in [-0.2, 0) is 16.4 Å². The molecular formula is C24H33N3O3S. The first-order valence-corrected chi connectivity index (χ1v) is 12.9. The summed E-state index contributed by atoms with van der Waals surface area (Å²) in [6.07, 6.45) is 2.32. The summed E-state index contributed by atoms with van der Waals surface area (Å²) in [7, 11) is -3.27. The van der Waals surface area contributed by atoms with Crippen molar-refractivity contribution in [3.05, 3.63) is 58.7 Å². The van der Waals surface area contributed by atoms with Gasteiger partial charge in [0.1, 0.15) is 0 Å². The second-order valence-corrected chi connectivity index (χ2v) is 10.8. The van der Waals surface area contributed by atoms with Crippen molar-refractivity contribution in [3.63, 3.8) is 0 Å². The van der Waals surface area contributed by atoms with Gasteiger partial charge >= 0.3 is 0 Å². The second kappa shape index (κ2) is 8.81. The number of fused-ring (bicyclic) bond motifs is 1. The zero-order valence-electron chi connectivity index (χ0n) is 18.7. The van der Waals surface area contributed by atoms with Gasteiger partial charge in [0.15, 0.2) is 0 Å². The molecule has 2 aliphatic rings. The molecule has 7 heteroatoms. The predicted molar refractivity (Wildman–Crippen MR) is 126 cm³/mol. The Bertz CT molecular complexity index is 1050. The number of hydrogen-bond donors (Lipinski definition) is 1. The van der Waals surface area contributed by atoms with Gasteiger partial charge in [0.2, 0.25) is 10.0 Å². The van der Waals surface area contributed by atoms with Crippen molar-refractivity contribution >= 4 is 21.4 Å². The first-order chi connectivity index (χ1) is 14.7. The van der Waals surface area contributed by atoms with E-state index < -0.39 is 16.1 Å². The minimum atomic E-state index is -3.27. The van der Waals surface area contributed by atoms with E-state index >= 15 is 0 Å². The molecule has 1 N–H and O–H groups in total. The molecule has 168 valence electrons. The lowest BCUT2D eigenvalue weighted by atomic mass is 9.98. The van der Waals surface area contributed by atoms with Crippen LogP contribution in [0.15, 0.2) is 36.4 Å². The summed E-state index contributed by atoms with van der Waals surface area (Å²) in [5.41, 5.74) is 6.53. The number of benzene rings is 2. The Labute approximate surface area is 186 Å². The molecule has 4 rings (SSSR count). The van der Waals surface area contributed by atoms with Gasteiger partial charge in [-0.15, -0.1) is 0 Å². The standard InChI is InChI=1S/C24H33N3O3S/c1-18-6-8-22(19(2)15-18)26-13-11-25(12-14-26)17-24(28)21-7-9-23-20(16-21)5-4-10-27(23)31(3,29)30/h6-9,15-16,24,28H,4-5,10-14,17H2,1-3H3/t24-/m1/s1. The highest BCUT2D eigenvalue weighted by atomic mass is 32.2. The highest BCUT2D eigenvalue weighted by Crippen LogP contribution is 2.32. The number of rotatable bonds is 5. The van der Waals surface area contributed by atoms with Crippen LogP contribution in [-0.4, -0.2) is 63.9 Å². The van der Waals surface area contributed by atoms with Gasteiger partial charge in [-0.05, 0) is 55.5 Å². The first kappa shape index (κ1) is 22.1. The maximum absolute atomic E-state index is 12.1. The summed E-state index contributed by atoms with van der Waals surface area (Å²) in [4.78, 5) is 4.74. The molecule has 31 heavy (non-hydrogen) atoms. The van der Waals surface area contributed by atoms with Gasteiger partial charge in [-0.25, -0.2) is 8.42 Å². The van der Waals surface area contributed by atoms with Crippen molar-refractivity contribution in [2.75, 3.05) is 54.7 Å². The zero-order valence-corrected chi connectivity index (χ0v) is 19.5. The number of anilines is 2. The summed E-state index contributed by atoms with van der Waals surface area (Å²) < 4.78 is 25.6. The number of piperazine rings is 1. The Morgan fingerprint density at radius 1 is 0.968 bits per heavy atom. The van der Waals surface area contributed by atoms with E-state index in [1.54, 1.807) is 0 Å². The normalized spacial score (nSPS) is 18.7. The topological polar surface area (TPSA) is 64.1 Å². The molecule has 0 bridgehead atoms. The minimum Gasteiger partial charge on any atom is -0.387 e. The number of aliphatic hydroxyl groups excluding tert-OH is 1. The van der Waals surface area contributed by atoms with Crippen molar-refractivity contribution in [3.8, 4) is 0 Å². The molecule has 0 aromatic heterocycles. The smallest absolute Gasteiger partial charge is 0.232 e. The lowest BCUT2D eigenvalue weighted by Gasteiger charge is -2.37. The number of β-amino-alcohol motifs (C(OH)–C–C–N with tert-alkyl or cyclic N) is 1. The zero-order chi connectivity index (χ0) is 22.2. The van der Waals surface area contributed by atoms with Crippen molar-refractivity contribution in [1.82, 2.24) is 4.90 Å². The van der Waals surface area contributed by atoms with Gasteiger partial charge in [-0.2, -0.15) is 0 Å². The van der Waals surface area contributed by atoms with Crippen LogP contribution < -0.4 is 9.21 Å². The van der Waals surface area contributed by atoms with Gasteiger partial charge in [0.05, 0.1) is 18.0 Å². The maximum Gasteiger partial charge on any atom is 0.232 e. The lowest BCUT2D eigenvalue weighted by Crippen LogP contribution is -2.47. The van der Waals surface area contributed by atoms with Crippen LogP contribution in [0, 0.1) is 13.8 Å². The quantitative estimate of drug-likeness (QED) is 0.770. The van der Waals surface area contributed by atoms with Crippen molar-refractivity contribution in [2.24, 2.45) is 0 Å². The third-order valence-electron chi connectivity index (χ3n) is 6.46. The molecule has 0 amide bonds. The number of nitrogens with zero attached hydrogens (tertiary/aromatic N) is 3. The molecule has 0 aliphatic carbocycles. The Balaban J connectivity index is 1.39. The van der Waals surface area contributed by atoms with Gasteiger partial charge < -0.3 is 10.0 Å². The van der Waals surface area contributed by atoms with Crippen molar-refractivity contribution in [1.29, 1.82) is 0 Å². The largest absolute Gasteiger partial charge is 0.387 e. The number of aryl methyl sites for hydroxylation is 3. The molecule has 2 aliphatic heterocycles. The Kier molecular flexibility index (Phi) is 6.28. The van der Waals surface area contributed by atoms with E-state index in [-0.39, 0.29) is 0 Å². The molecule has 0 unspecified atom stereocenters. The molecule has 2 heterocycles. The number of hydrogen-bond acceptors (Lipinski definition) is 5. The number of sulfonamides is 1.